The highest BCUT2D eigenvalue weighted by Gasteiger charge is 2.12. The number of nitrogen functional groups attached to an aromatic ring is 1. The number of nitrogens with two attached hydrogens (primary N) is 1. The van der Waals surface area contributed by atoms with Gasteiger partial charge in [-0.15, -0.1) is 0 Å². The van der Waals surface area contributed by atoms with E-state index in [1.54, 1.807) is 17.7 Å². The summed E-state index contributed by atoms with van der Waals surface area (Å²) in [7, 11) is 0. The van der Waals surface area contributed by atoms with E-state index in [4.69, 9.17) is 10.8 Å². The molecule has 1 atom stereocenters. The highest BCUT2D eigenvalue weighted by atomic mass is 16.4. The molecule has 5 nitrogen and oxygen atoms in total. The van der Waals surface area contributed by atoms with Gasteiger partial charge in [0.05, 0.1) is 11.6 Å². The second-order valence-corrected chi connectivity index (χ2v) is 3.65. The third kappa shape index (κ3) is 2.97. The molecule has 1 aromatic heterocycles. The molecule has 15 heavy (non-hydrogen) atoms. The maximum absolute atomic E-state index is 10.6. The SMILES string of the molecule is CCn1nc(CCC(C)C(=O)O)cc1N. The zero-order valence-electron chi connectivity index (χ0n) is 9.10. The summed E-state index contributed by atoms with van der Waals surface area (Å²) in [5.41, 5.74) is 6.57. The van der Waals surface area contributed by atoms with E-state index in [9.17, 15) is 4.79 Å². The van der Waals surface area contributed by atoms with Crippen LogP contribution in [0.5, 0.6) is 0 Å². The van der Waals surface area contributed by atoms with E-state index in [2.05, 4.69) is 5.10 Å². The first kappa shape index (κ1) is 11.6. The highest BCUT2D eigenvalue weighted by molar-refractivity contribution is 5.69. The molecule has 0 aromatic carbocycles. The van der Waals surface area contributed by atoms with Crippen LogP contribution in [0.2, 0.25) is 0 Å². The lowest BCUT2D eigenvalue weighted by Gasteiger charge is -2.03. The van der Waals surface area contributed by atoms with Crippen molar-refractivity contribution in [2.75, 3.05) is 5.73 Å². The largest absolute Gasteiger partial charge is 0.481 e. The number of carboxylic acid groups (broad SMARTS) is 1. The number of aryl methyl sites for hydroxylation is 2. The number of carboxylic acids is 1. The first-order chi connectivity index (χ1) is 7.04. The lowest BCUT2D eigenvalue weighted by molar-refractivity contribution is -0.141. The average molecular weight is 211 g/mol. The number of nitrogens with zero attached hydrogens (tertiary/aromatic N) is 2. The van der Waals surface area contributed by atoms with E-state index in [1.807, 2.05) is 6.92 Å². The summed E-state index contributed by atoms with van der Waals surface area (Å²) >= 11 is 0. The summed E-state index contributed by atoms with van der Waals surface area (Å²) in [5.74, 6) is -0.466. The topological polar surface area (TPSA) is 81.1 Å². The van der Waals surface area contributed by atoms with Crippen molar-refractivity contribution in [1.82, 2.24) is 9.78 Å². The van der Waals surface area contributed by atoms with Gasteiger partial charge in [0.1, 0.15) is 5.82 Å². The summed E-state index contributed by atoms with van der Waals surface area (Å²) in [6.07, 6.45) is 1.25. The van der Waals surface area contributed by atoms with Crippen molar-refractivity contribution >= 4 is 11.8 Å². The predicted octanol–water partition coefficient (Wildman–Crippen LogP) is 1.14. The van der Waals surface area contributed by atoms with Gasteiger partial charge in [-0.05, 0) is 19.8 Å². The fraction of sp³-hybridized carbons (Fsp3) is 0.600. The van der Waals surface area contributed by atoms with Gasteiger partial charge in [0.2, 0.25) is 0 Å². The van der Waals surface area contributed by atoms with Gasteiger partial charge in [-0.2, -0.15) is 5.10 Å². The quantitative estimate of drug-likeness (QED) is 0.765. The van der Waals surface area contributed by atoms with Crippen molar-refractivity contribution < 1.29 is 9.90 Å². The molecule has 0 saturated heterocycles. The molecule has 0 radical (unpaired) electrons. The fourth-order valence-electron chi connectivity index (χ4n) is 1.35. The number of aliphatic carboxylic acids is 1. The third-order valence-electron chi connectivity index (χ3n) is 2.42. The van der Waals surface area contributed by atoms with Crippen molar-refractivity contribution in [1.29, 1.82) is 0 Å². The van der Waals surface area contributed by atoms with E-state index < -0.39 is 5.97 Å². The van der Waals surface area contributed by atoms with Crippen LogP contribution in [0, 0.1) is 5.92 Å². The van der Waals surface area contributed by atoms with Crippen molar-refractivity contribution in [2.24, 2.45) is 5.92 Å². The van der Waals surface area contributed by atoms with Crippen LogP contribution in [0.1, 0.15) is 26.0 Å². The molecule has 1 rings (SSSR count). The lowest BCUT2D eigenvalue weighted by Crippen LogP contribution is -2.10. The van der Waals surface area contributed by atoms with Gasteiger partial charge in [0.25, 0.3) is 0 Å². The standard InChI is InChI=1S/C10H17N3O2/c1-3-13-9(11)6-8(12-13)5-4-7(2)10(14)15/h6-7H,3-5,11H2,1-2H3,(H,14,15). The van der Waals surface area contributed by atoms with Crippen LogP contribution in [-0.4, -0.2) is 20.9 Å². The molecule has 0 amide bonds. The van der Waals surface area contributed by atoms with Gasteiger partial charge in [-0.25, -0.2) is 0 Å². The third-order valence-corrected chi connectivity index (χ3v) is 2.42. The minimum atomic E-state index is -0.766. The summed E-state index contributed by atoms with van der Waals surface area (Å²) in [6.45, 7) is 4.40. The Bertz CT molecular complexity index is 346. The maximum atomic E-state index is 10.6. The highest BCUT2D eigenvalue weighted by Crippen LogP contribution is 2.11. The van der Waals surface area contributed by atoms with Gasteiger partial charge in [-0.1, -0.05) is 6.92 Å². The second kappa shape index (κ2) is 4.82. The molecule has 0 aliphatic carbocycles. The van der Waals surface area contributed by atoms with Crippen LogP contribution in [0.3, 0.4) is 0 Å². The van der Waals surface area contributed by atoms with Crippen molar-refractivity contribution in [3.8, 4) is 0 Å². The molecular weight excluding hydrogens is 194 g/mol. The summed E-state index contributed by atoms with van der Waals surface area (Å²) in [5, 5.41) is 13.0. The molecule has 0 fully saturated rings. The summed E-state index contributed by atoms with van der Waals surface area (Å²) < 4.78 is 1.71. The first-order valence-corrected chi connectivity index (χ1v) is 5.09. The molecule has 0 bridgehead atoms. The van der Waals surface area contributed by atoms with Gasteiger partial charge in [0, 0.05) is 12.6 Å². The molecule has 0 spiro atoms. The maximum Gasteiger partial charge on any atom is 0.306 e. The van der Waals surface area contributed by atoms with E-state index in [0.717, 1.165) is 12.2 Å². The molecule has 3 N–H and O–H groups in total. The Kier molecular flexibility index (Phi) is 3.71. The minimum Gasteiger partial charge on any atom is -0.481 e. The average Bonchev–Trinajstić information content (AvgIpc) is 2.55. The van der Waals surface area contributed by atoms with Crippen LogP contribution < -0.4 is 5.73 Å². The zero-order valence-corrected chi connectivity index (χ0v) is 9.10. The van der Waals surface area contributed by atoms with E-state index in [0.29, 0.717) is 18.7 Å². The molecule has 1 heterocycles. The zero-order chi connectivity index (χ0) is 11.4. The van der Waals surface area contributed by atoms with Crippen LogP contribution in [0.4, 0.5) is 5.82 Å². The molecule has 0 aliphatic rings. The fourth-order valence-corrected chi connectivity index (χ4v) is 1.35. The second-order valence-electron chi connectivity index (χ2n) is 3.65. The first-order valence-electron chi connectivity index (χ1n) is 5.09. The number of rotatable bonds is 5. The van der Waals surface area contributed by atoms with Crippen molar-refractivity contribution in [2.45, 2.75) is 33.2 Å². The Morgan fingerprint density at radius 1 is 1.73 bits per heavy atom. The van der Waals surface area contributed by atoms with Crippen LogP contribution in [0.25, 0.3) is 0 Å². The number of anilines is 1. The number of carbonyl (C=O) groups is 1. The number of hydrogen-bond donors (Lipinski definition) is 2. The normalized spacial score (nSPS) is 12.7. The Morgan fingerprint density at radius 3 is 2.87 bits per heavy atom. The Hall–Kier alpha value is -1.52. The Balaban J connectivity index is 2.54. The lowest BCUT2D eigenvalue weighted by atomic mass is 10.0. The predicted molar refractivity (Wildman–Crippen MR) is 57.4 cm³/mol. The van der Waals surface area contributed by atoms with Gasteiger partial charge in [-0.3, -0.25) is 9.48 Å². The van der Waals surface area contributed by atoms with Gasteiger partial charge in [0.15, 0.2) is 0 Å². The molecule has 1 unspecified atom stereocenters. The van der Waals surface area contributed by atoms with Crippen molar-refractivity contribution in [3.05, 3.63) is 11.8 Å². The van der Waals surface area contributed by atoms with Crippen LogP contribution in [0.15, 0.2) is 6.07 Å². The molecule has 0 saturated carbocycles. The number of aromatic nitrogens is 2. The molecule has 5 heteroatoms. The van der Waals surface area contributed by atoms with E-state index in [1.165, 1.54) is 0 Å². The van der Waals surface area contributed by atoms with E-state index >= 15 is 0 Å². The van der Waals surface area contributed by atoms with E-state index in [-0.39, 0.29) is 5.92 Å². The Labute approximate surface area is 88.9 Å². The molecule has 1 aromatic rings. The molecular formula is C10H17N3O2. The van der Waals surface area contributed by atoms with Crippen LogP contribution >= 0.6 is 0 Å². The summed E-state index contributed by atoms with van der Waals surface area (Å²) in [4.78, 5) is 10.6. The molecule has 0 aliphatic heterocycles. The molecule has 84 valence electrons. The monoisotopic (exact) mass is 211 g/mol. The van der Waals surface area contributed by atoms with Gasteiger partial charge < -0.3 is 10.8 Å². The van der Waals surface area contributed by atoms with Crippen molar-refractivity contribution in [3.63, 3.8) is 0 Å². The van der Waals surface area contributed by atoms with Crippen LogP contribution in [-0.2, 0) is 17.8 Å². The van der Waals surface area contributed by atoms with Gasteiger partial charge >= 0.3 is 5.97 Å². The Morgan fingerprint density at radius 2 is 2.40 bits per heavy atom. The summed E-state index contributed by atoms with van der Waals surface area (Å²) in [6, 6.07) is 1.80. The number of hydrogen-bond acceptors (Lipinski definition) is 3. The smallest absolute Gasteiger partial charge is 0.306 e. The minimum absolute atomic E-state index is 0.335.